The molecule has 0 aromatic heterocycles. The molecule has 2 aliphatic rings. The van der Waals surface area contributed by atoms with Gasteiger partial charge in [0, 0.05) is 0 Å². The fraction of sp³-hybridized carbons (Fsp3) is 0.750. The minimum atomic E-state index is 0.493. The average molecular weight is 218 g/mol. The minimum Gasteiger partial charge on any atom is -0.0801 e. The Hall–Kier alpha value is -0.520. The standard InChI is InChI=1S/C16H26/c1-5-6-10-16(4)11-14(12(2)3)13-8-7-9-15(13)16/h7,9,12,14H,5-6,8,10-11H2,1-4H3. The molecule has 0 amide bonds. The minimum absolute atomic E-state index is 0.493. The van der Waals surface area contributed by atoms with Crippen molar-refractivity contribution in [1.29, 1.82) is 0 Å². The highest BCUT2D eigenvalue weighted by molar-refractivity contribution is 5.44. The Labute approximate surface area is 101 Å². The summed E-state index contributed by atoms with van der Waals surface area (Å²) in [7, 11) is 0. The lowest BCUT2D eigenvalue weighted by molar-refractivity contribution is 0.287. The van der Waals surface area contributed by atoms with Gasteiger partial charge < -0.3 is 0 Å². The van der Waals surface area contributed by atoms with Crippen LogP contribution in [0.3, 0.4) is 0 Å². The first-order valence-corrected chi connectivity index (χ1v) is 6.98. The lowest BCUT2D eigenvalue weighted by atomic mass is 9.76. The Morgan fingerprint density at radius 3 is 2.81 bits per heavy atom. The van der Waals surface area contributed by atoms with Crippen molar-refractivity contribution in [3.63, 3.8) is 0 Å². The summed E-state index contributed by atoms with van der Waals surface area (Å²) in [5.41, 5.74) is 3.97. The van der Waals surface area contributed by atoms with Gasteiger partial charge in [-0.2, -0.15) is 0 Å². The maximum atomic E-state index is 2.50. The van der Waals surface area contributed by atoms with E-state index >= 15 is 0 Å². The first-order chi connectivity index (χ1) is 7.58. The van der Waals surface area contributed by atoms with E-state index in [0.29, 0.717) is 5.41 Å². The molecule has 2 atom stereocenters. The van der Waals surface area contributed by atoms with Gasteiger partial charge in [0.15, 0.2) is 0 Å². The predicted molar refractivity (Wildman–Crippen MR) is 71.4 cm³/mol. The van der Waals surface area contributed by atoms with Crippen LogP contribution in [0.1, 0.15) is 59.8 Å². The summed E-state index contributed by atoms with van der Waals surface area (Å²) in [6.45, 7) is 9.58. The lowest BCUT2D eigenvalue weighted by Gasteiger charge is -2.28. The van der Waals surface area contributed by atoms with Gasteiger partial charge in [-0.1, -0.05) is 58.3 Å². The predicted octanol–water partition coefficient (Wildman–Crippen LogP) is 5.12. The molecule has 0 radical (unpaired) electrons. The van der Waals surface area contributed by atoms with Gasteiger partial charge in [0.2, 0.25) is 0 Å². The van der Waals surface area contributed by atoms with Gasteiger partial charge >= 0.3 is 0 Å². The largest absolute Gasteiger partial charge is 0.0801 e. The van der Waals surface area contributed by atoms with Crippen LogP contribution in [0, 0.1) is 17.3 Å². The molecule has 0 aromatic rings. The molecule has 0 heterocycles. The van der Waals surface area contributed by atoms with Gasteiger partial charge in [0.05, 0.1) is 0 Å². The third kappa shape index (κ3) is 1.87. The summed E-state index contributed by atoms with van der Waals surface area (Å²) >= 11 is 0. The maximum Gasteiger partial charge on any atom is -0.00698 e. The van der Waals surface area contributed by atoms with Gasteiger partial charge in [-0.3, -0.25) is 0 Å². The van der Waals surface area contributed by atoms with Gasteiger partial charge in [-0.15, -0.1) is 0 Å². The second kappa shape index (κ2) is 4.39. The summed E-state index contributed by atoms with van der Waals surface area (Å²) in [6.07, 6.45) is 11.5. The van der Waals surface area contributed by atoms with E-state index in [1.807, 2.05) is 0 Å². The second-order valence-corrected chi connectivity index (χ2v) is 6.26. The third-order valence-corrected chi connectivity index (χ3v) is 4.62. The normalized spacial score (nSPS) is 32.9. The molecule has 0 heteroatoms. The average Bonchev–Trinajstić information content (AvgIpc) is 2.79. The molecule has 0 N–H and O–H groups in total. The molecule has 90 valence electrons. The fourth-order valence-corrected chi connectivity index (χ4v) is 3.62. The van der Waals surface area contributed by atoms with Crippen LogP contribution in [0.2, 0.25) is 0 Å². The zero-order valence-electron chi connectivity index (χ0n) is 11.3. The zero-order chi connectivity index (χ0) is 11.8. The summed E-state index contributed by atoms with van der Waals surface area (Å²) < 4.78 is 0. The summed E-state index contributed by atoms with van der Waals surface area (Å²) in [4.78, 5) is 0. The topological polar surface area (TPSA) is 0 Å². The number of rotatable bonds is 4. The summed E-state index contributed by atoms with van der Waals surface area (Å²) in [6, 6.07) is 0. The molecule has 0 bridgehead atoms. The van der Waals surface area contributed by atoms with Crippen LogP contribution in [0.4, 0.5) is 0 Å². The van der Waals surface area contributed by atoms with Crippen molar-refractivity contribution in [3.8, 4) is 0 Å². The van der Waals surface area contributed by atoms with Crippen molar-refractivity contribution in [2.24, 2.45) is 17.3 Å². The van der Waals surface area contributed by atoms with Crippen LogP contribution in [-0.4, -0.2) is 0 Å². The van der Waals surface area contributed by atoms with Crippen molar-refractivity contribution in [1.82, 2.24) is 0 Å². The molecule has 2 aliphatic carbocycles. The van der Waals surface area contributed by atoms with Crippen LogP contribution in [0.5, 0.6) is 0 Å². The highest BCUT2D eigenvalue weighted by Crippen LogP contribution is 2.54. The molecule has 0 aromatic carbocycles. The van der Waals surface area contributed by atoms with Crippen LogP contribution < -0.4 is 0 Å². The maximum absolute atomic E-state index is 2.50. The lowest BCUT2D eigenvalue weighted by Crippen LogP contribution is -2.17. The van der Waals surface area contributed by atoms with Crippen molar-refractivity contribution < 1.29 is 0 Å². The molecule has 2 unspecified atom stereocenters. The molecule has 0 fully saturated rings. The first kappa shape index (κ1) is 12.0. The Morgan fingerprint density at radius 2 is 2.19 bits per heavy atom. The first-order valence-electron chi connectivity index (χ1n) is 6.98. The van der Waals surface area contributed by atoms with E-state index in [-0.39, 0.29) is 0 Å². The van der Waals surface area contributed by atoms with E-state index < -0.39 is 0 Å². The van der Waals surface area contributed by atoms with Crippen LogP contribution in [-0.2, 0) is 0 Å². The monoisotopic (exact) mass is 218 g/mol. The highest BCUT2D eigenvalue weighted by atomic mass is 14.5. The van der Waals surface area contributed by atoms with Gasteiger partial charge in [0.25, 0.3) is 0 Å². The summed E-state index contributed by atoms with van der Waals surface area (Å²) in [5, 5.41) is 0. The SMILES string of the molecule is CCCCC1(C)CC(C(C)C)C2=C1C=CC2. The van der Waals surface area contributed by atoms with E-state index in [4.69, 9.17) is 0 Å². The smallest absolute Gasteiger partial charge is 0.00698 e. The van der Waals surface area contributed by atoms with Gasteiger partial charge in [0.1, 0.15) is 0 Å². The van der Waals surface area contributed by atoms with Gasteiger partial charge in [-0.25, -0.2) is 0 Å². The molecule has 0 spiro atoms. The van der Waals surface area contributed by atoms with E-state index in [1.54, 1.807) is 11.1 Å². The van der Waals surface area contributed by atoms with E-state index in [2.05, 4.69) is 39.8 Å². The van der Waals surface area contributed by atoms with Crippen molar-refractivity contribution in [2.45, 2.75) is 59.8 Å². The Morgan fingerprint density at radius 1 is 1.44 bits per heavy atom. The quantitative estimate of drug-likeness (QED) is 0.614. The highest BCUT2D eigenvalue weighted by Gasteiger charge is 2.42. The van der Waals surface area contributed by atoms with Crippen LogP contribution in [0.25, 0.3) is 0 Å². The number of allylic oxidation sites excluding steroid dienone is 4. The molecular formula is C16H26. The van der Waals surface area contributed by atoms with Gasteiger partial charge in [-0.05, 0) is 42.1 Å². The van der Waals surface area contributed by atoms with Crippen LogP contribution >= 0.6 is 0 Å². The van der Waals surface area contributed by atoms with Crippen molar-refractivity contribution >= 4 is 0 Å². The number of hydrogen-bond donors (Lipinski definition) is 0. The van der Waals surface area contributed by atoms with E-state index in [0.717, 1.165) is 11.8 Å². The molecule has 0 saturated heterocycles. The number of hydrogen-bond acceptors (Lipinski definition) is 0. The zero-order valence-corrected chi connectivity index (χ0v) is 11.3. The molecule has 0 nitrogen and oxygen atoms in total. The molecule has 0 aliphatic heterocycles. The Balaban J connectivity index is 2.20. The molecule has 0 saturated carbocycles. The Bertz CT molecular complexity index is 319. The van der Waals surface area contributed by atoms with Crippen molar-refractivity contribution in [3.05, 3.63) is 23.3 Å². The fourth-order valence-electron chi connectivity index (χ4n) is 3.62. The number of unbranched alkanes of at least 4 members (excludes halogenated alkanes) is 1. The molecule has 2 rings (SSSR count). The Kier molecular flexibility index (Phi) is 3.28. The van der Waals surface area contributed by atoms with Crippen LogP contribution in [0.15, 0.2) is 23.3 Å². The van der Waals surface area contributed by atoms with E-state index in [1.165, 1.54) is 32.1 Å². The third-order valence-electron chi connectivity index (χ3n) is 4.62. The molecular weight excluding hydrogens is 192 g/mol. The molecule has 16 heavy (non-hydrogen) atoms. The van der Waals surface area contributed by atoms with Crippen molar-refractivity contribution in [2.75, 3.05) is 0 Å². The van der Waals surface area contributed by atoms with E-state index in [9.17, 15) is 0 Å². The summed E-state index contributed by atoms with van der Waals surface area (Å²) in [5.74, 6) is 1.67. The second-order valence-electron chi connectivity index (χ2n) is 6.26.